The molecule has 3 heterocycles. The highest BCUT2D eigenvalue weighted by molar-refractivity contribution is 5.81. The van der Waals surface area contributed by atoms with E-state index in [1.54, 1.807) is 0 Å². The smallest absolute Gasteiger partial charge is 0.407 e. The summed E-state index contributed by atoms with van der Waals surface area (Å²) >= 11 is 0. The van der Waals surface area contributed by atoms with Crippen LogP contribution in [-0.4, -0.2) is 47.1 Å². The van der Waals surface area contributed by atoms with Crippen molar-refractivity contribution >= 4 is 12.0 Å². The van der Waals surface area contributed by atoms with E-state index in [1.807, 2.05) is 4.90 Å². The lowest BCUT2D eigenvalue weighted by molar-refractivity contribution is -0.142. The number of nitrogens with zero attached hydrogens (tertiary/aromatic N) is 2. The Labute approximate surface area is 160 Å². The number of hydrogen-bond acceptors (Lipinski definition) is 4. The fourth-order valence-electron chi connectivity index (χ4n) is 4.52. The number of piperidine rings is 1. The maximum atomic E-state index is 12.8. The second kappa shape index (κ2) is 6.50. The molecule has 1 aliphatic carbocycles. The maximum absolute atomic E-state index is 12.8. The van der Waals surface area contributed by atoms with Crippen molar-refractivity contribution in [2.75, 3.05) is 19.7 Å². The molecule has 1 aromatic heterocycles. The molecule has 1 aromatic rings. The van der Waals surface area contributed by atoms with Crippen molar-refractivity contribution in [2.45, 2.75) is 63.3 Å². The Hall–Kier alpha value is -2.11. The molecule has 0 radical (unpaired) electrons. The number of carbonyl (C=O) groups is 2. The van der Waals surface area contributed by atoms with E-state index in [-0.39, 0.29) is 28.9 Å². The Bertz CT molecular complexity index is 741. The number of cyclic esters (lactones) is 1. The molecule has 2 saturated heterocycles. The van der Waals surface area contributed by atoms with Gasteiger partial charge in [0.25, 0.3) is 0 Å². The molecule has 27 heavy (non-hydrogen) atoms. The predicted molar refractivity (Wildman–Crippen MR) is 101 cm³/mol. The van der Waals surface area contributed by atoms with E-state index in [0.717, 1.165) is 37.3 Å². The van der Waals surface area contributed by atoms with Gasteiger partial charge in [-0.3, -0.25) is 9.78 Å². The van der Waals surface area contributed by atoms with Gasteiger partial charge in [-0.05, 0) is 37.8 Å². The minimum absolute atomic E-state index is 0.0193. The van der Waals surface area contributed by atoms with Gasteiger partial charge in [-0.25, -0.2) is 4.79 Å². The number of amides is 2. The Morgan fingerprint density at radius 1 is 1.26 bits per heavy atom. The predicted octanol–water partition coefficient (Wildman–Crippen LogP) is 2.97. The average molecular weight is 371 g/mol. The summed E-state index contributed by atoms with van der Waals surface area (Å²) in [7, 11) is 0. The van der Waals surface area contributed by atoms with Crippen LogP contribution in [0.4, 0.5) is 4.79 Å². The number of ether oxygens (including phenoxy) is 1. The van der Waals surface area contributed by atoms with E-state index in [2.05, 4.69) is 44.3 Å². The summed E-state index contributed by atoms with van der Waals surface area (Å²) < 4.78 is 5.00. The fraction of sp³-hybridized carbons (Fsp3) is 0.667. The summed E-state index contributed by atoms with van der Waals surface area (Å²) in [6.07, 6.45) is 2.97. The minimum Gasteiger partial charge on any atom is -0.447 e. The molecule has 1 N–H and O–H groups in total. The lowest BCUT2D eigenvalue weighted by Crippen LogP contribution is -2.58. The van der Waals surface area contributed by atoms with Crippen molar-refractivity contribution in [1.29, 1.82) is 0 Å². The van der Waals surface area contributed by atoms with Crippen molar-refractivity contribution in [1.82, 2.24) is 15.2 Å². The first-order valence-electron chi connectivity index (χ1n) is 9.97. The second-order valence-electron chi connectivity index (χ2n) is 9.38. The third-order valence-electron chi connectivity index (χ3n) is 6.23. The number of nitrogens with one attached hydrogen (secondary N) is 1. The van der Waals surface area contributed by atoms with Crippen molar-refractivity contribution in [3.63, 3.8) is 0 Å². The molecule has 3 aliphatic rings. The number of likely N-dealkylation sites (tertiary alicyclic amines) is 1. The van der Waals surface area contributed by atoms with Crippen LogP contribution in [-0.2, 0) is 14.9 Å². The number of rotatable bonds is 2. The molecule has 0 atom stereocenters. The Morgan fingerprint density at radius 3 is 2.56 bits per heavy atom. The van der Waals surface area contributed by atoms with Crippen LogP contribution in [0.3, 0.4) is 0 Å². The molecule has 0 bridgehead atoms. The monoisotopic (exact) mass is 371 g/mol. The summed E-state index contributed by atoms with van der Waals surface area (Å²) in [5, 5.41) is 2.86. The lowest BCUT2D eigenvalue weighted by Gasteiger charge is -2.44. The van der Waals surface area contributed by atoms with Crippen LogP contribution >= 0.6 is 0 Å². The van der Waals surface area contributed by atoms with Gasteiger partial charge < -0.3 is 15.0 Å². The molecular weight excluding hydrogens is 342 g/mol. The first-order valence-corrected chi connectivity index (χ1v) is 9.97. The van der Waals surface area contributed by atoms with Crippen LogP contribution in [0.2, 0.25) is 0 Å². The SMILES string of the molecule is CC(C)(C)c1cccc(C2CCN(C(=O)C3CC4(COC(=O)N4)C3)CC2)n1. The largest absolute Gasteiger partial charge is 0.447 e. The van der Waals surface area contributed by atoms with Gasteiger partial charge in [0.1, 0.15) is 6.61 Å². The second-order valence-corrected chi connectivity index (χ2v) is 9.38. The number of hydrogen-bond donors (Lipinski definition) is 1. The molecule has 1 saturated carbocycles. The lowest BCUT2D eigenvalue weighted by atomic mass is 9.68. The first kappa shape index (κ1) is 18.3. The summed E-state index contributed by atoms with van der Waals surface area (Å²) in [4.78, 5) is 30.9. The van der Waals surface area contributed by atoms with Crippen molar-refractivity contribution in [3.8, 4) is 0 Å². The molecule has 0 unspecified atom stereocenters. The van der Waals surface area contributed by atoms with Crippen molar-refractivity contribution in [2.24, 2.45) is 5.92 Å². The highest BCUT2D eigenvalue weighted by Crippen LogP contribution is 2.42. The van der Waals surface area contributed by atoms with Gasteiger partial charge >= 0.3 is 6.09 Å². The zero-order valence-electron chi connectivity index (χ0n) is 16.5. The van der Waals surface area contributed by atoms with Gasteiger partial charge in [0.05, 0.1) is 5.54 Å². The Morgan fingerprint density at radius 2 is 1.96 bits per heavy atom. The molecule has 146 valence electrons. The van der Waals surface area contributed by atoms with E-state index in [0.29, 0.717) is 25.4 Å². The van der Waals surface area contributed by atoms with Crippen molar-refractivity contribution < 1.29 is 14.3 Å². The summed E-state index contributed by atoms with van der Waals surface area (Å²) in [5.74, 6) is 0.675. The van der Waals surface area contributed by atoms with E-state index < -0.39 is 0 Å². The minimum atomic E-state index is -0.355. The third-order valence-corrected chi connectivity index (χ3v) is 6.23. The molecule has 2 aliphatic heterocycles. The highest BCUT2D eigenvalue weighted by Gasteiger charge is 2.53. The quantitative estimate of drug-likeness (QED) is 0.868. The fourth-order valence-corrected chi connectivity index (χ4v) is 4.52. The van der Waals surface area contributed by atoms with E-state index >= 15 is 0 Å². The van der Waals surface area contributed by atoms with Crippen LogP contribution in [0, 0.1) is 5.92 Å². The van der Waals surface area contributed by atoms with Gasteiger partial charge in [0, 0.05) is 41.7 Å². The van der Waals surface area contributed by atoms with Crippen molar-refractivity contribution in [3.05, 3.63) is 29.6 Å². The number of alkyl carbamates (subject to hydrolysis) is 1. The summed E-state index contributed by atoms with van der Waals surface area (Å²) in [5.41, 5.74) is 2.04. The Kier molecular flexibility index (Phi) is 4.40. The van der Waals surface area contributed by atoms with Crippen LogP contribution in [0.15, 0.2) is 18.2 Å². The normalized spacial score (nSPS) is 28.6. The van der Waals surface area contributed by atoms with Crippen LogP contribution in [0.1, 0.15) is 63.8 Å². The van der Waals surface area contributed by atoms with Gasteiger partial charge in [-0.2, -0.15) is 0 Å². The summed E-state index contributed by atoms with van der Waals surface area (Å²) in [6, 6.07) is 6.32. The van der Waals surface area contributed by atoms with E-state index in [9.17, 15) is 9.59 Å². The van der Waals surface area contributed by atoms with E-state index in [1.165, 1.54) is 0 Å². The highest BCUT2D eigenvalue weighted by atomic mass is 16.6. The third kappa shape index (κ3) is 3.54. The summed E-state index contributed by atoms with van der Waals surface area (Å²) in [6.45, 7) is 8.53. The van der Waals surface area contributed by atoms with Gasteiger partial charge in [-0.15, -0.1) is 0 Å². The number of aromatic nitrogens is 1. The standard InChI is InChI=1S/C21H29N3O3/c1-20(2,3)17-6-4-5-16(22-17)14-7-9-24(10-8-14)18(25)15-11-21(12-15)13-27-19(26)23-21/h4-6,14-15H,7-13H2,1-3H3,(H,23,26). The van der Waals surface area contributed by atoms with Crippen LogP contribution in [0.5, 0.6) is 0 Å². The number of carbonyl (C=O) groups excluding carboxylic acids is 2. The average Bonchev–Trinajstić information content (AvgIpc) is 3.02. The molecule has 0 aromatic carbocycles. The molecular formula is C21H29N3O3. The molecule has 6 nitrogen and oxygen atoms in total. The van der Waals surface area contributed by atoms with Gasteiger partial charge in [0.2, 0.25) is 5.91 Å². The first-order chi connectivity index (χ1) is 12.8. The molecule has 6 heteroatoms. The topological polar surface area (TPSA) is 71.5 Å². The maximum Gasteiger partial charge on any atom is 0.407 e. The van der Waals surface area contributed by atoms with Crippen LogP contribution < -0.4 is 5.32 Å². The van der Waals surface area contributed by atoms with E-state index in [4.69, 9.17) is 9.72 Å². The Balaban J connectivity index is 1.32. The molecule has 3 fully saturated rings. The molecule has 1 spiro atoms. The van der Waals surface area contributed by atoms with Gasteiger partial charge in [0.15, 0.2) is 0 Å². The zero-order chi connectivity index (χ0) is 19.2. The van der Waals surface area contributed by atoms with Gasteiger partial charge in [-0.1, -0.05) is 26.8 Å². The zero-order valence-corrected chi connectivity index (χ0v) is 16.5. The molecule has 4 rings (SSSR count). The van der Waals surface area contributed by atoms with Crippen LogP contribution in [0.25, 0.3) is 0 Å². The molecule has 2 amide bonds. The number of pyridine rings is 1.